The summed E-state index contributed by atoms with van der Waals surface area (Å²) in [5.74, 6) is 1.69. The van der Waals surface area contributed by atoms with Gasteiger partial charge >= 0.3 is 0 Å². The molecule has 7 nitrogen and oxygen atoms in total. The molecule has 1 aromatic heterocycles. The molecule has 3 aromatic rings. The number of amides is 2. The fourth-order valence-electron chi connectivity index (χ4n) is 4.28. The predicted molar refractivity (Wildman–Crippen MR) is 140 cm³/mol. The molecular weight excluding hydrogens is 440 g/mol. The Hall–Kier alpha value is -3.35. The van der Waals surface area contributed by atoms with Gasteiger partial charge in [-0.05, 0) is 56.0 Å². The van der Waals surface area contributed by atoms with Crippen molar-refractivity contribution >= 4 is 22.8 Å². The molecule has 0 aliphatic heterocycles. The second-order valence-corrected chi connectivity index (χ2v) is 8.78. The molecule has 3 rings (SSSR count). The molecule has 0 unspecified atom stereocenters. The number of fused-ring (bicyclic) bond motifs is 1. The van der Waals surface area contributed by atoms with Gasteiger partial charge in [-0.15, -0.1) is 0 Å². The maximum absolute atomic E-state index is 13.1. The summed E-state index contributed by atoms with van der Waals surface area (Å²) in [6.45, 7) is 6.73. The van der Waals surface area contributed by atoms with E-state index >= 15 is 0 Å². The van der Waals surface area contributed by atoms with Crippen molar-refractivity contribution in [2.75, 3.05) is 26.7 Å². The van der Waals surface area contributed by atoms with Crippen LogP contribution >= 0.6 is 0 Å². The van der Waals surface area contributed by atoms with Crippen molar-refractivity contribution in [3.63, 3.8) is 0 Å². The van der Waals surface area contributed by atoms with Crippen molar-refractivity contribution in [3.05, 3.63) is 59.9 Å². The summed E-state index contributed by atoms with van der Waals surface area (Å²) in [6.07, 6.45) is 5.51. The zero-order chi connectivity index (χ0) is 25.0. The number of aromatic nitrogens is 2. The van der Waals surface area contributed by atoms with Crippen molar-refractivity contribution in [1.82, 2.24) is 19.8 Å². The average Bonchev–Trinajstić information content (AvgIpc) is 3.22. The molecule has 2 amide bonds. The number of aryl methyl sites for hydroxylation is 1. The third-order valence-electron chi connectivity index (χ3n) is 6.06. The second kappa shape index (κ2) is 13.5. The molecule has 1 N–H and O–H groups in total. The number of hydrogen-bond acceptors (Lipinski definition) is 4. The molecular formula is C28H38N4O3. The molecule has 0 saturated carbocycles. The van der Waals surface area contributed by atoms with E-state index in [1.165, 1.54) is 0 Å². The van der Waals surface area contributed by atoms with E-state index in [9.17, 15) is 9.59 Å². The first-order chi connectivity index (χ1) is 17.1. The number of benzene rings is 2. The number of para-hydroxylation sites is 2. The number of nitrogens with one attached hydrogen (secondary N) is 1. The second-order valence-electron chi connectivity index (χ2n) is 8.78. The highest BCUT2D eigenvalue weighted by atomic mass is 16.5. The van der Waals surface area contributed by atoms with Crippen LogP contribution in [0.1, 0.15) is 62.1 Å². The monoisotopic (exact) mass is 478 g/mol. The Kier molecular flexibility index (Phi) is 10.1. The van der Waals surface area contributed by atoms with Crippen LogP contribution in [0.5, 0.6) is 5.75 Å². The minimum absolute atomic E-state index is 0.0899. The number of rotatable bonds is 14. The molecule has 2 aromatic carbocycles. The molecule has 0 radical (unpaired) electrons. The molecule has 0 spiro atoms. The largest absolute Gasteiger partial charge is 0.497 e. The van der Waals surface area contributed by atoms with Gasteiger partial charge < -0.3 is 19.5 Å². The summed E-state index contributed by atoms with van der Waals surface area (Å²) in [6, 6.07) is 15.2. The van der Waals surface area contributed by atoms with Gasteiger partial charge in [-0.1, -0.05) is 38.5 Å². The molecule has 0 fully saturated rings. The minimum Gasteiger partial charge on any atom is -0.497 e. The van der Waals surface area contributed by atoms with Crippen LogP contribution < -0.4 is 10.1 Å². The van der Waals surface area contributed by atoms with Crippen LogP contribution in [-0.2, 0) is 17.8 Å². The Morgan fingerprint density at radius 1 is 1.00 bits per heavy atom. The number of unbranched alkanes of at least 4 members (excludes halogenated alkanes) is 2. The standard InChI is InChI=1S/C28H38N4O3/c1-4-18-31(19-5-2)27(33)21-32-25-15-9-8-14-24(25)30-26(32)16-7-6-10-17-29-28(34)22-12-11-13-23(20-22)35-3/h8-9,11-15,20H,4-7,10,16-19,21H2,1-3H3,(H,29,34). The fourth-order valence-corrected chi connectivity index (χ4v) is 4.28. The van der Waals surface area contributed by atoms with Gasteiger partial charge in [-0.25, -0.2) is 4.98 Å². The summed E-state index contributed by atoms with van der Waals surface area (Å²) in [5, 5.41) is 2.98. The lowest BCUT2D eigenvalue weighted by molar-refractivity contribution is -0.131. The Balaban J connectivity index is 1.54. The highest BCUT2D eigenvalue weighted by Crippen LogP contribution is 2.19. The molecule has 0 aliphatic rings. The van der Waals surface area contributed by atoms with E-state index in [1.807, 2.05) is 41.3 Å². The number of hydrogen-bond donors (Lipinski definition) is 1. The Labute approximate surface area is 208 Å². The van der Waals surface area contributed by atoms with Crippen molar-refractivity contribution in [3.8, 4) is 5.75 Å². The quantitative estimate of drug-likeness (QED) is 0.337. The molecule has 35 heavy (non-hydrogen) atoms. The smallest absolute Gasteiger partial charge is 0.251 e. The number of ether oxygens (including phenoxy) is 1. The van der Waals surface area contributed by atoms with Crippen LogP contribution in [0.15, 0.2) is 48.5 Å². The first kappa shape index (κ1) is 26.3. The van der Waals surface area contributed by atoms with Crippen LogP contribution in [-0.4, -0.2) is 53.0 Å². The summed E-state index contributed by atoms with van der Waals surface area (Å²) >= 11 is 0. The van der Waals surface area contributed by atoms with E-state index in [2.05, 4.69) is 23.7 Å². The summed E-state index contributed by atoms with van der Waals surface area (Å²) < 4.78 is 7.27. The zero-order valence-electron chi connectivity index (χ0n) is 21.3. The van der Waals surface area contributed by atoms with Gasteiger partial charge in [-0.3, -0.25) is 9.59 Å². The average molecular weight is 479 g/mol. The number of imidazole rings is 1. The van der Waals surface area contributed by atoms with Gasteiger partial charge in [0, 0.05) is 31.6 Å². The first-order valence-electron chi connectivity index (χ1n) is 12.7. The van der Waals surface area contributed by atoms with E-state index in [1.54, 1.807) is 19.2 Å². The summed E-state index contributed by atoms with van der Waals surface area (Å²) in [4.78, 5) is 32.2. The maximum atomic E-state index is 13.1. The van der Waals surface area contributed by atoms with Gasteiger partial charge in [0.15, 0.2) is 0 Å². The molecule has 7 heteroatoms. The van der Waals surface area contributed by atoms with Crippen molar-refractivity contribution in [1.29, 1.82) is 0 Å². The van der Waals surface area contributed by atoms with Gasteiger partial charge in [0.05, 0.1) is 18.1 Å². The third kappa shape index (κ3) is 7.31. The highest BCUT2D eigenvalue weighted by molar-refractivity contribution is 5.94. The number of methoxy groups -OCH3 is 1. The Morgan fingerprint density at radius 3 is 2.51 bits per heavy atom. The maximum Gasteiger partial charge on any atom is 0.251 e. The van der Waals surface area contributed by atoms with E-state index in [-0.39, 0.29) is 11.8 Å². The summed E-state index contributed by atoms with van der Waals surface area (Å²) in [5.41, 5.74) is 2.54. The number of nitrogens with zero attached hydrogens (tertiary/aromatic N) is 3. The lowest BCUT2D eigenvalue weighted by Crippen LogP contribution is -2.35. The van der Waals surface area contributed by atoms with Crippen LogP contribution in [0.4, 0.5) is 0 Å². The van der Waals surface area contributed by atoms with Gasteiger partial charge in [0.25, 0.3) is 5.91 Å². The van der Waals surface area contributed by atoms with E-state index in [4.69, 9.17) is 9.72 Å². The summed E-state index contributed by atoms with van der Waals surface area (Å²) in [7, 11) is 1.59. The lowest BCUT2D eigenvalue weighted by atomic mass is 10.1. The van der Waals surface area contributed by atoms with Crippen molar-refractivity contribution in [2.45, 2.75) is 58.9 Å². The zero-order valence-corrected chi connectivity index (χ0v) is 21.3. The van der Waals surface area contributed by atoms with Crippen LogP contribution in [0.3, 0.4) is 0 Å². The van der Waals surface area contributed by atoms with E-state index in [0.29, 0.717) is 24.4 Å². The Morgan fingerprint density at radius 2 is 1.77 bits per heavy atom. The van der Waals surface area contributed by atoms with Gasteiger partial charge in [0.1, 0.15) is 18.1 Å². The van der Waals surface area contributed by atoms with Crippen LogP contribution in [0, 0.1) is 0 Å². The van der Waals surface area contributed by atoms with Gasteiger partial charge in [-0.2, -0.15) is 0 Å². The molecule has 0 bridgehead atoms. The SMILES string of the molecule is CCCN(CCC)C(=O)Cn1c(CCCCCNC(=O)c2cccc(OC)c2)nc2ccccc21. The molecule has 0 aliphatic carbocycles. The molecule has 1 heterocycles. The van der Waals surface area contributed by atoms with Gasteiger partial charge in [0.2, 0.25) is 5.91 Å². The number of carbonyl (C=O) groups is 2. The van der Waals surface area contributed by atoms with Crippen LogP contribution in [0.25, 0.3) is 11.0 Å². The number of carbonyl (C=O) groups excluding carboxylic acids is 2. The van der Waals surface area contributed by atoms with Crippen molar-refractivity contribution < 1.29 is 14.3 Å². The fraction of sp³-hybridized carbons (Fsp3) is 0.464. The lowest BCUT2D eigenvalue weighted by Gasteiger charge is -2.22. The minimum atomic E-state index is -0.0899. The van der Waals surface area contributed by atoms with Crippen LogP contribution in [0.2, 0.25) is 0 Å². The molecule has 0 atom stereocenters. The third-order valence-corrected chi connectivity index (χ3v) is 6.06. The predicted octanol–water partition coefficient (Wildman–Crippen LogP) is 4.84. The molecule has 0 saturated heterocycles. The van der Waals surface area contributed by atoms with E-state index < -0.39 is 0 Å². The Bertz CT molecular complexity index is 1100. The van der Waals surface area contributed by atoms with Crippen molar-refractivity contribution in [2.24, 2.45) is 0 Å². The van der Waals surface area contributed by atoms with E-state index in [0.717, 1.165) is 68.5 Å². The molecule has 188 valence electrons. The highest BCUT2D eigenvalue weighted by Gasteiger charge is 2.17. The topological polar surface area (TPSA) is 76.5 Å². The normalized spacial score (nSPS) is 10.9. The first-order valence-corrected chi connectivity index (χ1v) is 12.7.